The summed E-state index contributed by atoms with van der Waals surface area (Å²) in [6.07, 6.45) is 0. The number of aromatic amines is 1. The number of nitrogens with one attached hydrogen (secondary N) is 2. The third kappa shape index (κ3) is 3.42. The van der Waals surface area contributed by atoms with Gasteiger partial charge >= 0.3 is 5.97 Å². The Bertz CT molecular complexity index is 778. The number of esters is 1. The SMILES string of the molecule is CCOC(=O)c1[nH]c(C)c(C(=O)Nc2cc(C)ccc2OC)c1C. The van der Waals surface area contributed by atoms with Crippen molar-refractivity contribution in [2.45, 2.75) is 27.7 Å². The minimum absolute atomic E-state index is 0.276. The van der Waals surface area contributed by atoms with Gasteiger partial charge in [0.2, 0.25) is 0 Å². The Morgan fingerprint density at radius 3 is 2.54 bits per heavy atom. The van der Waals surface area contributed by atoms with E-state index < -0.39 is 5.97 Å². The molecule has 0 aliphatic rings. The first-order valence-electron chi connectivity index (χ1n) is 7.71. The van der Waals surface area contributed by atoms with Crippen LogP contribution in [0.2, 0.25) is 0 Å². The molecule has 0 saturated heterocycles. The van der Waals surface area contributed by atoms with Gasteiger partial charge in [0.05, 0.1) is 25.0 Å². The van der Waals surface area contributed by atoms with Crippen molar-refractivity contribution in [1.82, 2.24) is 4.98 Å². The molecular formula is C18H22N2O4. The molecule has 6 heteroatoms. The molecule has 0 aliphatic heterocycles. The zero-order chi connectivity index (χ0) is 17.9. The molecule has 0 radical (unpaired) electrons. The maximum absolute atomic E-state index is 12.7. The third-order valence-electron chi connectivity index (χ3n) is 3.75. The number of amides is 1. The molecule has 1 aromatic carbocycles. The van der Waals surface area contributed by atoms with Gasteiger partial charge in [0.15, 0.2) is 0 Å². The molecule has 0 atom stereocenters. The smallest absolute Gasteiger partial charge is 0.355 e. The van der Waals surface area contributed by atoms with Crippen LogP contribution in [0, 0.1) is 20.8 Å². The number of methoxy groups -OCH3 is 1. The third-order valence-corrected chi connectivity index (χ3v) is 3.75. The molecule has 1 aromatic heterocycles. The number of ether oxygens (including phenoxy) is 2. The van der Waals surface area contributed by atoms with Crippen LogP contribution in [0.1, 0.15) is 44.6 Å². The molecule has 6 nitrogen and oxygen atoms in total. The highest BCUT2D eigenvalue weighted by molar-refractivity contribution is 6.08. The van der Waals surface area contributed by atoms with E-state index in [4.69, 9.17) is 9.47 Å². The predicted molar refractivity (Wildman–Crippen MR) is 91.9 cm³/mol. The lowest BCUT2D eigenvalue weighted by Gasteiger charge is -2.11. The minimum Gasteiger partial charge on any atom is -0.495 e. The highest BCUT2D eigenvalue weighted by atomic mass is 16.5. The first kappa shape index (κ1) is 17.6. The Kier molecular flexibility index (Phi) is 5.28. The summed E-state index contributed by atoms with van der Waals surface area (Å²) in [5, 5.41) is 2.85. The molecule has 128 valence electrons. The van der Waals surface area contributed by atoms with Crippen LogP contribution in [0.5, 0.6) is 5.75 Å². The standard InChI is InChI=1S/C18H22N2O4/c1-6-24-18(22)16-11(3)15(12(4)19-16)17(21)20-13-9-10(2)7-8-14(13)23-5/h7-9,19H,6H2,1-5H3,(H,20,21). The zero-order valence-corrected chi connectivity index (χ0v) is 14.6. The Labute approximate surface area is 141 Å². The maximum Gasteiger partial charge on any atom is 0.355 e. The molecule has 0 aliphatic carbocycles. The van der Waals surface area contributed by atoms with E-state index in [-0.39, 0.29) is 12.5 Å². The number of aryl methyl sites for hydroxylation is 2. The number of anilines is 1. The van der Waals surface area contributed by atoms with Crippen molar-refractivity contribution < 1.29 is 19.1 Å². The number of rotatable bonds is 5. The van der Waals surface area contributed by atoms with Crippen molar-refractivity contribution in [1.29, 1.82) is 0 Å². The summed E-state index contributed by atoms with van der Waals surface area (Å²) >= 11 is 0. The van der Waals surface area contributed by atoms with E-state index in [0.717, 1.165) is 5.56 Å². The molecule has 2 rings (SSSR count). The lowest BCUT2D eigenvalue weighted by Crippen LogP contribution is -2.15. The van der Waals surface area contributed by atoms with E-state index in [2.05, 4.69) is 10.3 Å². The van der Waals surface area contributed by atoms with Crippen molar-refractivity contribution in [2.75, 3.05) is 19.0 Å². The van der Waals surface area contributed by atoms with Gasteiger partial charge in [0.25, 0.3) is 5.91 Å². The quantitative estimate of drug-likeness (QED) is 0.824. The summed E-state index contributed by atoms with van der Waals surface area (Å²) in [5.41, 5.74) is 3.49. The van der Waals surface area contributed by atoms with Crippen LogP contribution in [0.25, 0.3) is 0 Å². The summed E-state index contributed by atoms with van der Waals surface area (Å²) in [4.78, 5) is 27.6. The second-order valence-electron chi connectivity index (χ2n) is 5.50. The number of carbonyl (C=O) groups excluding carboxylic acids is 2. The molecule has 1 heterocycles. The van der Waals surface area contributed by atoms with Crippen LogP contribution in [-0.2, 0) is 4.74 Å². The van der Waals surface area contributed by atoms with E-state index >= 15 is 0 Å². The van der Waals surface area contributed by atoms with Crippen molar-refractivity contribution in [3.05, 3.63) is 46.3 Å². The number of H-pyrrole nitrogens is 1. The van der Waals surface area contributed by atoms with Crippen LogP contribution in [0.15, 0.2) is 18.2 Å². The number of aromatic nitrogens is 1. The first-order chi connectivity index (χ1) is 11.4. The van der Waals surface area contributed by atoms with E-state index in [1.54, 1.807) is 33.9 Å². The molecule has 2 aromatic rings. The normalized spacial score (nSPS) is 10.4. The maximum atomic E-state index is 12.7. The summed E-state index contributed by atoms with van der Waals surface area (Å²) in [6.45, 7) is 7.41. The van der Waals surface area contributed by atoms with Gasteiger partial charge in [-0.3, -0.25) is 4.79 Å². The van der Waals surface area contributed by atoms with Gasteiger partial charge in [-0.25, -0.2) is 4.79 Å². The number of carbonyl (C=O) groups is 2. The van der Waals surface area contributed by atoms with Crippen LogP contribution < -0.4 is 10.1 Å². The highest BCUT2D eigenvalue weighted by Crippen LogP contribution is 2.27. The molecule has 24 heavy (non-hydrogen) atoms. The Hall–Kier alpha value is -2.76. The Morgan fingerprint density at radius 2 is 1.92 bits per heavy atom. The van der Waals surface area contributed by atoms with Crippen LogP contribution in [0.3, 0.4) is 0 Å². The summed E-state index contributed by atoms with van der Waals surface area (Å²) in [5.74, 6) is -0.198. The lowest BCUT2D eigenvalue weighted by atomic mass is 10.1. The Balaban J connectivity index is 2.34. The van der Waals surface area contributed by atoms with E-state index in [9.17, 15) is 9.59 Å². The summed E-state index contributed by atoms with van der Waals surface area (Å²) < 4.78 is 10.3. The number of benzene rings is 1. The van der Waals surface area contributed by atoms with Crippen molar-refractivity contribution >= 4 is 17.6 Å². The predicted octanol–water partition coefficient (Wildman–Crippen LogP) is 3.38. The fraction of sp³-hybridized carbons (Fsp3) is 0.333. The molecule has 1 amide bonds. The number of hydrogen-bond acceptors (Lipinski definition) is 4. The van der Waals surface area contributed by atoms with Crippen molar-refractivity contribution in [3.63, 3.8) is 0 Å². The van der Waals surface area contributed by atoms with Gasteiger partial charge in [-0.2, -0.15) is 0 Å². The Morgan fingerprint density at radius 1 is 1.21 bits per heavy atom. The van der Waals surface area contributed by atoms with Gasteiger partial charge in [-0.15, -0.1) is 0 Å². The van der Waals surface area contributed by atoms with Crippen LogP contribution >= 0.6 is 0 Å². The molecule has 0 unspecified atom stereocenters. The van der Waals surface area contributed by atoms with Gasteiger partial charge in [0, 0.05) is 5.69 Å². The van der Waals surface area contributed by atoms with E-state index in [1.807, 2.05) is 19.1 Å². The molecular weight excluding hydrogens is 308 g/mol. The average Bonchev–Trinajstić information content (AvgIpc) is 2.82. The van der Waals surface area contributed by atoms with E-state index in [0.29, 0.717) is 34.0 Å². The van der Waals surface area contributed by atoms with Crippen molar-refractivity contribution in [3.8, 4) is 5.75 Å². The fourth-order valence-electron chi connectivity index (χ4n) is 2.60. The average molecular weight is 330 g/mol. The van der Waals surface area contributed by atoms with Gasteiger partial charge in [-0.1, -0.05) is 6.07 Å². The second-order valence-corrected chi connectivity index (χ2v) is 5.50. The van der Waals surface area contributed by atoms with Gasteiger partial charge in [-0.05, 0) is 51.0 Å². The molecule has 0 saturated carbocycles. The lowest BCUT2D eigenvalue weighted by molar-refractivity contribution is 0.0519. The summed E-state index contributed by atoms with van der Waals surface area (Å²) in [7, 11) is 1.55. The van der Waals surface area contributed by atoms with Crippen LogP contribution in [-0.4, -0.2) is 30.6 Å². The monoisotopic (exact) mass is 330 g/mol. The van der Waals surface area contributed by atoms with Gasteiger partial charge in [0.1, 0.15) is 11.4 Å². The van der Waals surface area contributed by atoms with E-state index in [1.165, 1.54) is 0 Å². The molecule has 2 N–H and O–H groups in total. The molecule has 0 bridgehead atoms. The minimum atomic E-state index is -0.467. The fourth-order valence-corrected chi connectivity index (χ4v) is 2.60. The summed E-state index contributed by atoms with van der Waals surface area (Å²) in [6, 6.07) is 5.53. The topological polar surface area (TPSA) is 80.4 Å². The van der Waals surface area contributed by atoms with Crippen LogP contribution in [0.4, 0.5) is 5.69 Å². The number of hydrogen-bond donors (Lipinski definition) is 2. The molecule has 0 spiro atoms. The largest absolute Gasteiger partial charge is 0.495 e. The second kappa shape index (κ2) is 7.21. The first-order valence-corrected chi connectivity index (χ1v) is 7.71. The van der Waals surface area contributed by atoms with Gasteiger partial charge < -0.3 is 19.8 Å². The van der Waals surface area contributed by atoms with Crippen molar-refractivity contribution in [2.24, 2.45) is 0 Å². The molecule has 0 fully saturated rings. The zero-order valence-electron chi connectivity index (χ0n) is 14.6. The highest BCUT2D eigenvalue weighted by Gasteiger charge is 2.23.